The zero-order valence-corrected chi connectivity index (χ0v) is 13.1. The molecular formula is C16H9ClF3N3O2. The molecule has 3 aromatic rings. The molecule has 0 saturated heterocycles. The zero-order valence-electron chi connectivity index (χ0n) is 12.3. The Kier molecular flexibility index (Phi) is 4.22. The summed E-state index contributed by atoms with van der Waals surface area (Å²) >= 11 is 5.71. The van der Waals surface area contributed by atoms with Crippen molar-refractivity contribution in [3.8, 4) is 0 Å². The summed E-state index contributed by atoms with van der Waals surface area (Å²) in [5.41, 5.74) is 0.851. The lowest BCUT2D eigenvalue weighted by Gasteiger charge is -2.16. The lowest BCUT2D eigenvalue weighted by Crippen LogP contribution is -2.39. The first-order valence-electron chi connectivity index (χ1n) is 6.93. The number of alkyl halides is 3. The molecule has 2 aromatic carbocycles. The molecule has 0 aliphatic carbocycles. The number of carbonyl (C=O) groups is 1. The monoisotopic (exact) mass is 367 g/mol. The number of para-hydroxylation sites is 1. The van der Waals surface area contributed by atoms with Crippen LogP contribution in [0.4, 0.5) is 13.2 Å². The molecule has 1 aromatic heterocycles. The molecule has 1 heterocycles. The van der Waals surface area contributed by atoms with Gasteiger partial charge in [0.1, 0.15) is 0 Å². The van der Waals surface area contributed by atoms with Crippen LogP contribution >= 0.6 is 11.6 Å². The van der Waals surface area contributed by atoms with Crippen molar-refractivity contribution in [2.75, 3.05) is 5.43 Å². The number of rotatable bonds is 2. The van der Waals surface area contributed by atoms with Gasteiger partial charge in [0.25, 0.3) is 11.5 Å². The molecule has 25 heavy (non-hydrogen) atoms. The average Bonchev–Trinajstić information content (AvgIpc) is 2.57. The molecule has 1 amide bonds. The number of halogens is 4. The van der Waals surface area contributed by atoms with E-state index in [0.29, 0.717) is 5.02 Å². The summed E-state index contributed by atoms with van der Waals surface area (Å²) in [6.45, 7) is 0. The van der Waals surface area contributed by atoms with Crippen LogP contribution < -0.4 is 11.0 Å². The molecule has 0 spiro atoms. The number of benzene rings is 2. The largest absolute Gasteiger partial charge is 0.451 e. The van der Waals surface area contributed by atoms with Crippen LogP contribution in [0.25, 0.3) is 10.9 Å². The van der Waals surface area contributed by atoms with Gasteiger partial charge in [0, 0.05) is 10.6 Å². The third-order valence-corrected chi connectivity index (χ3v) is 3.60. The van der Waals surface area contributed by atoms with Gasteiger partial charge in [-0.05, 0) is 36.4 Å². The van der Waals surface area contributed by atoms with E-state index in [1.54, 1.807) is 0 Å². The fraction of sp³-hybridized carbons (Fsp3) is 0.0625. The molecule has 0 radical (unpaired) electrons. The second-order valence-corrected chi connectivity index (χ2v) is 5.48. The van der Waals surface area contributed by atoms with Crippen LogP contribution in [0.3, 0.4) is 0 Å². The highest BCUT2D eigenvalue weighted by molar-refractivity contribution is 6.30. The molecule has 0 fully saturated rings. The van der Waals surface area contributed by atoms with Gasteiger partial charge in [0.15, 0.2) is 0 Å². The lowest BCUT2D eigenvalue weighted by atomic mass is 10.2. The minimum Gasteiger partial charge on any atom is -0.267 e. The summed E-state index contributed by atoms with van der Waals surface area (Å²) < 4.78 is 39.9. The number of hydrogen-bond donors (Lipinski definition) is 1. The summed E-state index contributed by atoms with van der Waals surface area (Å²) in [5.74, 6) is -2.42. The summed E-state index contributed by atoms with van der Waals surface area (Å²) in [4.78, 5) is 28.1. The van der Waals surface area contributed by atoms with E-state index in [-0.39, 0.29) is 21.1 Å². The third kappa shape index (κ3) is 3.34. The number of nitrogens with zero attached hydrogens (tertiary/aromatic N) is 2. The SMILES string of the molecule is O=C(Nn1c(C(F)(F)F)nc2ccccc2c1=O)c1ccc(Cl)cc1. The van der Waals surface area contributed by atoms with Crippen molar-refractivity contribution in [2.24, 2.45) is 0 Å². The zero-order chi connectivity index (χ0) is 18.2. The number of aromatic nitrogens is 2. The van der Waals surface area contributed by atoms with Crippen LogP contribution in [0.15, 0.2) is 53.3 Å². The normalized spacial score (nSPS) is 11.5. The predicted molar refractivity (Wildman–Crippen MR) is 86.1 cm³/mol. The van der Waals surface area contributed by atoms with Crippen molar-refractivity contribution in [3.63, 3.8) is 0 Å². The van der Waals surface area contributed by atoms with Gasteiger partial charge in [-0.25, -0.2) is 4.98 Å². The molecule has 0 atom stereocenters. The van der Waals surface area contributed by atoms with Gasteiger partial charge in [-0.3, -0.25) is 15.0 Å². The van der Waals surface area contributed by atoms with Gasteiger partial charge >= 0.3 is 6.18 Å². The van der Waals surface area contributed by atoms with Crippen molar-refractivity contribution in [1.29, 1.82) is 0 Å². The van der Waals surface area contributed by atoms with Crippen LogP contribution in [0.1, 0.15) is 16.2 Å². The van der Waals surface area contributed by atoms with E-state index in [2.05, 4.69) is 4.98 Å². The van der Waals surface area contributed by atoms with Crippen molar-refractivity contribution in [1.82, 2.24) is 9.66 Å². The Hall–Kier alpha value is -2.87. The summed E-state index contributed by atoms with van der Waals surface area (Å²) in [5, 5.41) is 0.309. The summed E-state index contributed by atoms with van der Waals surface area (Å²) in [7, 11) is 0. The Morgan fingerprint density at radius 2 is 1.72 bits per heavy atom. The molecule has 0 aliphatic rings. The molecule has 5 nitrogen and oxygen atoms in total. The van der Waals surface area contributed by atoms with Crippen molar-refractivity contribution in [3.05, 3.63) is 75.3 Å². The van der Waals surface area contributed by atoms with Gasteiger partial charge in [-0.15, -0.1) is 0 Å². The van der Waals surface area contributed by atoms with E-state index in [4.69, 9.17) is 11.6 Å². The maximum absolute atomic E-state index is 13.3. The topological polar surface area (TPSA) is 64.0 Å². The van der Waals surface area contributed by atoms with Crippen LogP contribution in [0.5, 0.6) is 0 Å². The molecule has 3 rings (SSSR count). The van der Waals surface area contributed by atoms with Crippen molar-refractivity contribution >= 4 is 28.4 Å². The van der Waals surface area contributed by atoms with Gasteiger partial charge in [0.2, 0.25) is 5.82 Å². The molecular weight excluding hydrogens is 359 g/mol. The van der Waals surface area contributed by atoms with Gasteiger partial charge in [-0.1, -0.05) is 23.7 Å². The Bertz CT molecular complexity index is 1010. The quantitative estimate of drug-likeness (QED) is 0.754. The highest BCUT2D eigenvalue weighted by atomic mass is 35.5. The van der Waals surface area contributed by atoms with Gasteiger partial charge in [0.05, 0.1) is 10.9 Å². The highest BCUT2D eigenvalue weighted by Gasteiger charge is 2.38. The van der Waals surface area contributed by atoms with Crippen molar-refractivity contribution < 1.29 is 18.0 Å². The number of amides is 1. The van der Waals surface area contributed by atoms with Gasteiger partial charge < -0.3 is 0 Å². The van der Waals surface area contributed by atoms with Crippen LogP contribution in [-0.4, -0.2) is 15.6 Å². The Morgan fingerprint density at radius 1 is 1.08 bits per heavy atom. The van der Waals surface area contributed by atoms with E-state index < -0.39 is 23.5 Å². The van der Waals surface area contributed by atoms with Crippen molar-refractivity contribution in [2.45, 2.75) is 6.18 Å². The first-order valence-corrected chi connectivity index (χ1v) is 7.31. The minimum atomic E-state index is -4.93. The predicted octanol–water partition coefficient (Wildman–Crippen LogP) is 3.45. The maximum Gasteiger partial charge on any atom is 0.451 e. The van der Waals surface area contributed by atoms with E-state index in [0.717, 1.165) is 0 Å². The molecule has 0 saturated carbocycles. The fourth-order valence-corrected chi connectivity index (χ4v) is 2.32. The number of nitrogens with one attached hydrogen (secondary N) is 1. The number of fused-ring (bicyclic) bond motifs is 1. The molecule has 9 heteroatoms. The Labute approximate surface area is 143 Å². The number of carbonyl (C=O) groups excluding carboxylic acids is 1. The second-order valence-electron chi connectivity index (χ2n) is 5.04. The van der Waals surface area contributed by atoms with Crippen LogP contribution in [0.2, 0.25) is 5.02 Å². The first kappa shape index (κ1) is 17.0. The fourth-order valence-electron chi connectivity index (χ4n) is 2.19. The van der Waals surface area contributed by atoms with E-state index >= 15 is 0 Å². The minimum absolute atomic E-state index is 0.0394. The Balaban J connectivity index is 2.13. The lowest BCUT2D eigenvalue weighted by molar-refractivity contribution is -0.147. The summed E-state index contributed by atoms with van der Waals surface area (Å²) in [6.07, 6.45) is -4.93. The van der Waals surface area contributed by atoms with Crippen LogP contribution in [-0.2, 0) is 6.18 Å². The molecule has 0 unspecified atom stereocenters. The number of hydrogen-bond acceptors (Lipinski definition) is 3. The molecule has 0 bridgehead atoms. The Morgan fingerprint density at radius 3 is 2.36 bits per heavy atom. The van der Waals surface area contributed by atoms with E-state index in [1.807, 2.05) is 5.43 Å². The standard InChI is InChI=1S/C16H9ClF3N3O2/c17-10-7-5-9(6-8-10)13(24)22-23-14(25)11-3-1-2-4-12(11)21-15(23)16(18,19)20/h1-8H,(H,22,24). The van der Waals surface area contributed by atoms with E-state index in [9.17, 15) is 22.8 Å². The smallest absolute Gasteiger partial charge is 0.267 e. The van der Waals surface area contributed by atoms with Crippen LogP contribution in [0, 0.1) is 0 Å². The summed E-state index contributed by atoms with van der Waals surface area (Å²) in [6, 6.07) is 11.0. The maximum atomic E-state index is 13.3. The average molecular weight is 368 g/mol. The third-order valence-electron chi connectivity index (χ3n) is 3.35. The van der Waals surface area contributed by atoms with E-state index in [1.165, 1.54) is 48.5 Å². The molecule has 1 N–H and O–H groups in total. The highest BCUT2D eigenvalue weighted by Crippen LogP contribution is 2.27. The van der Waals surface area contributed by atoms with Gasteiger partial charge in [-0.2, -0.15) is 17.8 Å². The molecule has 128 valence electrons. The second kappa shape index (κ2) is 6.21. The molecule has 0 aliphatic heterocycles. The first-order chi connectivity index (χ1) is 11.8.